The van der Waals surface area contributed by atoms with Gasteiger partial charge in [-0.15, -0.1) is 0 Å². The Kier molecular flexibility index (Phi) is 5.59. The molecule has 0 radical (unpaired) electrons. The van der Waals surface area contributed by atoms with Crippen molar-refractivity contribution in [3.8, 4) is 0 Å². The van der Waals surface area contributed by atoms with E-state index < -0.39 is 0 Å². The molecule has 2 aliphatic heterocycles. The summed E-state index contributed by atoms with van der Waals surface area (Å²) in [7, 11) is 4.04. The highest BCUT2D eigenvalue weighted by molar-refractivity contribution is 5.35. The van der Waals surface area contributed by atoms with Gasteiger partial charge in [0, 0.05) is 26.2 Å². The molecular formula is C17H27N5O. The number of anilines is 1. The fourth-order valence-electron chi connectivity index (χ4n) is 3.19. The molecule has 1 unspecified atom stereocenters. The largest absolute Gasteiger partial charge is 0.377 e. The topological polar surface area (TPSA) is 62.3 Å². The number of nitrogens with one attached hydrogen (secondary N) is 2. The van der Waals surface area contributed by atoms with E-state index in [2.05, 4.69) is 33.6 Å². The van der Waals surface area contributed by atoms with E-state index in [1.807, 2.05) is 13.1 Å². The van der Waals surface area contributed by atoms with Gasteiger partial charge in [-0.2, -0.15) is 0 Å². The summed E-state index contributed by atoms with van der Waals surface area (Å²) >= 11 is 0. The summed E-state index contributed by atoms with van der Waals surface area (Å²) in [6.45, 7) is 4.40. The van der Waals surface area contributed by atoms with Gasteiger partial charge in [0.1, 0.15) is 11.6 Å². The van der Waals surface area contributed by atoms with Gasteiger partial charge in [-0.1, -0.05) is 6.08 Å². The molecule has 0 aromatic carbocycles. The molecule has 23 heavy (non-hydrogen) atoms. The molecule has 0 saturated carbocycles. The summed E-state index contributed by atoms with van der Waals surface area (Å²) in [5.41, 5.74) is 2.42. The van der Waals surface area contributed by atoms with Crippen LogP contribution in [0.5, 0.6) is 0 Å². The third kappa shape index (κ3) is 4.50. The van der Waals surface area contributed by atoms with Gasteiger partial charge in [0.25, 0.3) is 0 Å². The number of nitrogens with zero attached hydrogens (tertiary/aromatic N) is 3. The second-order valence-electron chi connectivity index (χ2n) is 6.38. The van der Waals surface area contributed by atoms with Gasteiger partial charge in [0.05, 0.1) is 24.9 Å². The van der Waals surface area contributed by atoms with Crippen molar-refractivity contribution in [2.75, 3.05) is 45.7 Å². The fourth-order valence-corrected chi connectivity index (χ4v) is 3.19. The van der Waals surface area contributed by atoms with Crippen LogP contribution in [0.3, 0.4) is 0 Å². The van der Waals surface area contributed by atoms with Gasteiger partial charge in [0.15, 0.2) is 0 Å². The van der Waals surface area contributed by atoms with E-state index in [1.54, 1.807) is 0 Å². The Morgan fingerprint density at radius 3 is 3.00 bits per heavy atom. The summed E-state index contributed by atoms with van der Waals surface area (Å²) in [6.07, 6.45) is 5.64. The second kappa shape index (κ2) is 7.86. The fraction of sp³-hybridized carbons (Fsp3) is 0.647. The van der Waals surface area contributed by atoms with Crippen LogP contribution in [0, 0.1) is 0 Å². The lowest BCUT2D eigenvalue weighted by molar-refractivity contribution is 0.143. The van der Waals surface area contributed by atoms with Crippen molar-refractivity contribution in [2.24, 2.45) is 0 Å². The highest BCUT2D eigenvalue weighted by Crippen LogP contribution is 2.22. The lowest BCUT2D eigenvalue weighted by atomic mass is 10.2. The molecule has 1 fully saturated rings. The maximum absolute atomic E-state index is 5.52. The summed E-state index contributed by atoms with van der Waals surface area (Å²) in [4.78, 5) is 11.7. The Morgan fingerprint density at radius 2 is 2.30 bits per heavy atom. The molecule has 1 atom stereocenters. The molecule has 0 amide bonds. The van der Waals surface area contributed by atoms with Crippen LogP contribution in [-0.2, 0) is 11.3 Å². The Balaban J connectivity index is 1.68. The maximum Gasteiger partial charge on any atom is 0.147 e. The third-order valence-corrected chi connectivity index (χ3v) is 4.31. The maximum atomic E-state index is 5.52. The molecule has 3 rings (SSSR count). The SMILES string of the molecule is CNc1cc(CN(C)CC2=CCCOC2)nc(C2CCCN2)n1. The average Bonchev–Trinajstić information content (AvgIpc) is 3.10. The van der Waals surface area contributed by atoms with Crippen LogP contribution in [0.4, 0.5) is 5.82 Å². The standard InChI is InChI=1S/C17H27N5O/c1-18-16-9-14(20-17(21-16)15-6-3-7-19-15)11-22(2)10-13-5-4-8-23-12-13/h5,9,15,19H,3-4,6-8,10-12H2,1-2H3,(H,18,20,21). The first kappa shape index (κ1) is 16.4. The number of hydrogen-bond donors (Lipinski definition) is 2. The minimum atomic E-state index is 0.293. The van der Waals surface area contributed by atoms with Crippen LogP contribution < -0.4 is 10.6 Å². The zero-order valence-electron chi connectivity index (χ0n) is 14.1. The molecular weight excluding hydrogens is 290 g/mol. The van der Waals surface area contributed by atoms with Gasteiger partial charge in [-0.3, -0.25) is 4.90 Å². The quantitative estimate of drug-likeness (QED) is 0.779. The van der Waals surface area contributed by atoms with Gasteiger partial charge in [-0.25, -0.2) is 9.97 Å². The molecule has 1 aromatic heterocycles. The molecule has 6 nitrogen and oxygen atoms in total. The Morgan fingerprint density at radius 1 is 1.39 bits per heavy atom. The van der Waals surface area contributed by atoms with Crippen LogP contribution in [-0.4, -0.2) is 55.3 Å². The molecule has 1 aromatic rings. The normalized spacial score (nSPS) is 21.5. The van der Waals surface area contributed by atoms with Gasteiger partial charge >= 0.3 is 0 Å². The molecule has 2 aliphatic rings. The molecule has 1 saturated heterocycles. The van der Waals surface area contributed by atoms with E-state index in [4.69, 9.17) is 9.72 Å². The number of likely N-dealkylation sites (N-methyl/N-ethyl adjacent to an activating group) is 1. The zero-order valence-corrected chi connectivity index (χ0v) is 14.1. The molecule has 6 heteroatoms. The first-order chi connectivity index (χ1) is 11.2. The van der Waals surface area contributed by atoms with Crippen molar-refractivity contribution < 1.29 is 4.74 Å². The Bertz CT molecular complexity index is 554. The van der Waals surface area contributed by atoms with Gasteiger partial charge in [-0.05, 0) is 38.4 Å². The average molecular weight is 317 g/mol. The molecule has 126 valence electrons. The second-order valence-corrected chi connectivity index (χ2v) is 6.38. The summed E-state index contributed by atoms with van der Waals surface area (Å²) in [5.74, 6) is 1.81. The zero-order chi connectivity index (χ0) is 16.1. The monoisotopic (exact) mass is 317 g/mol. The Labute approximate surface area is 138 Å². The van der Waals surface area contributed by atoms with Crippen molar-refractivity contribution in [2.45, 2.75) is 31.8 Å². The molecule has 2 N–H and O–H groups in total. The summed E-state index contributed by atoms with van der Waals surface area (Å²) in [5, 5.41) is 6.64. The van der Waals surface area contributed by atoms with Crippen LogP contribution in [0.25, 0.3) is 0 Å². The summed E-state index contributed by atoms with van der Waals surface area (Å²) in [6, 6.07) is 2.34. The number of rotatable bonds is 6. The van der Waals surface area contributed by atoms with E-state index >= 15 is 0 Å². The van der Waals surface area contributed by atoms with Gasteiger partial charge < -0.3 is 15.4 Å². The smallest absolute Gasteiger partial charge is 0.147 e. The molecule has 0 spiro atoms. The minimum absolute atomic E-state index is 0.293. The van der Waals surface area contributed by atoms with E-state index in [0.717, 1.165) is 63.0 Å². The number of aromatic nitrogens is 2. The van der Waals surface area contributed by atoms with E-state index in [9.17, 15) is 0 Å². The van der Waals surface area contributed by atoms with Crippen molar-refractivity contribution in [1.82, 2.24) is 20.2 Å². The number of hydrogen-bond acceptors (Lipinski definition) is 6. The lowest BCUT2D eigenvalue weighted by Gasteiger charge is -2.21. The van der Waals surface area contributed by atoms with Crippen molar-refractivity contribution in [1.29, 1.82) is 0 Å². The van der Waals surface area contributed by atoms with Crippen molar-refractivity contribution >= 4 is 5.82 Å². The van der Waals surface area contributed by atoms with Crippen molar-refractivity contribution in [3.05, 3.63) is 29.2 Å². The van der Waals surface area contributed by atoms with E-state index in [1.165, 1.54) is 12.0 Å². The first-order valence-electron chi connectivity index (χ1n) is 8.48. The number of ether oxygens (including phenoxy) is 1. The van der Waals surface area contributed by atoms with Crippen LogP contribution in [0.15, 0.2) is 17.7 Å². The predicted molar refractivity (Wildman–Crippen MR) is 91.4 cm³/mol. The minimum Gasteiger partial charge on any atom is -0.377 e. The Hall–Kier alpha value is -1.50. The third-order valence-electron chi connectivity index (χ3n) is 4.31. The predicted octanol–water partition coefficient (Wildman–Crippen LogP) is 1.72. The lowest BCUT2D eigenvalue weighted by Crippen LogP contribution is -2.25. The molecule has 3 heterocycles. The molecule has 0 aliphatic carbocycles. The van der Waals surface area contributed by atoms with Crippen LogP contribution in [0.1, 0.15) is 36.8 Å². The first-order valence-corrected chi connectivity index (χ1v) is 8.48. The van der Waals surface area contributed by atoms with E-state index in [0.29, 0.717) is 6.04 Å². The van der Waals surface area contributed by atoms with Crippen LogP contribution in [0.2, 0.25) is 0 Å². The highest BCUT2D eigenvalue weighted by atomic mass is 16.5. The van der Waals surface area contributed by atoms with Crippen LogP contribution >= 0.6 is 0 Å². The van der Waals surface area contributed by atoms with Gasteiger partial charge in [0.2, 0.25) is 0 Å². The van der Waals surface area contributed by atoms with Crippen molar-refractivity contribution in [3.63, 3.8) is 0 Å². The highest BCUT2D eigenvalue weighted by Gasteiger charge is 2.20. The summed E-state index contributed by atoms with van der Waals surface area (Å²) < 4.78 is 5.52. The van der Waals surface area contributed by atoms with E-state index in [-0.39, 0.29) is 0 Å². The molecule has 0 bridgehead atoms.